The molecule has 0 aliphatic carbocycles. The van der Waals surface area contributed by atoms with Gasteiger partial charge < -0.3 is 20.7 Å². The lowest BCUT2D eigenvalue weighted by Gasteiger charge is -2.38. The van der Waals surface area contributed by atoms with Crippen molar-refractivity contribution in [3.05, 3.63) is 29.8 Å². The molecule has 3 N–H and O–H groups in total. The standard InChI is InChI=1S/C18H25N5O3/c1-18(2)10-13(12-6-4-5-7-14(12)26-18)22-16(19-3)20-8-9-23-15(24)11-21-17(23)25/h4-7,13H,8-11H2,1-3H3,(H,21,25)(H2,19,20,22). The summed E-state index contributed by atoms with van der Waals surface area (Å²) in [5.41, 5.74) is 0.800. The van der Waals surface area contributed by atoms with Gasteiger partial charge in [-0.05, 0) is 19.9 Å². The molecule has 0 spiro atoms. The zero-order valence-corrected chi connectivity index (χ0v) is 15.3. The Labute approximate surface area is 153 Å². The normalized spacial score (nSPS) is 21.7. The molecule has 2 heterocycles. The Kier molecular flexibility index (Phi) is 5.01. The number of ether oxygens (including phenoxy) is 1. The first kappa shape index (κ1) is 18.0. The lowest BCUT2D eigenvalue weighted by atomic mass is 9.90. The fourth-order valence-electron chi connectivity index (χ4n) is 3.26. The number of carbonyl (C=O) groups excluding carboxylic acids is 2. The van der Waals surface area contributed by atoms with Crippen LogP contribution in [0.5, 0.6) is 5.75 Å². The maximum Gasteiger partial charge on any atom is 0.324 e. The number of hydrogen-bond donors (Lipinski definition) is 3. The molecule has 3 amide bonds. The Morgan fingerprint density at radius 1 is 1.38 bits per heavy atom. The van der Waals surface area contributed by atoms with Crippen LogP contribution in [0.1, 0.15) is 31.9 Å². The van der Waals surface area contributed by atoms with Crippen LogP contribution in [0.15, 0.2) is 29.3 Å². The third-order valence-corrected chi connectivity index (χ3v) is 4.48. The van der Waals surface area contributed by atoms with Gasteiger partial charge in [-0.2, -0.15) is 0 Å². The highest BCUT2D eigenvalue weighted by atomic mass is 16.5. The monoisotopic (exact) mass is 359 g/mol. The second-order valence-corrected chi connectivity index (χ2v) is 7.00. The molecule has 1 aromatic rings. The molecule has 1 atom stereocenters. The summed E-state index contributed by atoms with van der Waals surface area (Å²) in [5, 5.41) is 9.09. The lowest BCUT2D eigenvalue weighted by molar-refractivity contribution is -0.124. The van der Waals surface area contributed by atoms with Crippen molar-refractivity contribution in [1.82, 2.24) is 20.9 Å². The van der Waals surface area contributed by atoms with Crippen LogP contribution in [0.2, 0.25) is 0 Å². The molecule has 26 heavy (non-hydrogen) atoms. The van der Waals surface area contributed by atoms with Gasteiger partial charge in [-0.25, -0.2) is 4.79 Å². The first-order valence-corrected chi connectivity index (χ1v) is 8.73. The number of benzene rings is 1. The summed E-state index contributed by atoms with van der Waals surface area (Å²) in [6, 6.07) is 7.67. The number of guanidine groups is 1. The predicted octanol–water partition coefficient (Wildman–Crippen LogP) is 1.01. The summed E-state index contributed by atoms with van der Waals surface area (Å²) in [5.74, 6) is 1.28. The van der Waals surface area contributed by atoms with Gasteiger partial charge in [-0.3, -0.25) is 14.7 Å². The Hall–Kier alpha value is -2.77. The number of fused-ring (bicyclic) bond motifs is 1. The maximum atomic E-state index is 11.6. The van der Waals surface area contributed by atoms with Crippen molar-refractivity contribution in [3.63, 3.8) is 0 Å². The van der Waals surface area contributed by atoms with Crippen molar-refractivity contribution < 1.29 is 14.3 Å². The number of hydrogen-bond acceptors (Lipinski definition) is 4. The molecule has 2 aliphatic heterocycles. The molecule has 1 fully saturated rings. The van der Waals surface area contributed by atoms with Crippen molar-refractivity contribution >= 4 is 17.9 Å². The van der Waals surface area contributed by atoms with Crippen LogP contribution in [-0.4, -0.2) is 55.1 Å². The molecule has 140 valence electrons. The maximum absolute atomic E-state index is 11.6. The van der Waals surface area contributed by atoms with E-state index in [1.54, 1.807) is 7.05 Å². The minimum Gasteiger partial charge on any atom is -0.487 e. The number of aliphatic imine (C=N–C) groups is 1. The predicted molar refractivity (Wildman–Crippen MR) is 98.1 cm³/mol. The minimum absolute atomic E-state index is 0.0536. The third kappa shape index (κ3) is 3.89. The summed E-state index contributed by atoms with van der Waals surface area (Å²) < 4.78 is 6.05. The van der Waals surface area contributed by atoms with Gasteiger partial charge in [0, 0.05) is 32.1 Å². The van der Waals surface area contributed by atoms with Gasteiger partial charge in [0.2, 0.25) is 5.91 Å². The second kappa shape index (κ2) is 7.23. The minimum atomic E-state index is -0.347. The van der Waals surface area contributed by atoms with Gasteiger partial charge >= 0.3 is 6.03 Å². The Morgan fingerprint density at radius 2 is 2.15 bits per heavy atom. The van der Waals surface area contributed by atoms with Crippen molar-refractivity contribution in [2.24, 2.45) is 4.99 Å². The number of carbonyl (C=O) groups is 2. The van der Waals surface area contributed by atoms with E-state index in [1.165, 1.54) is 4.90 Å². The average Bonchev–Trinajstić information content (AvgIpc) is 2.91. The molecule has 2 aliphatic rings. The van der Waals surface area contributed by atoms with Crippen molar-refractivity contribution in [2.75, 3.05) is 26.7 Å². The summed E-state index contributed by atoms with van der Waals surface area (Å²) in [4.78, 5) is 28.6. The van der Waals surface area contributed by atoms with Crippen LogP contribution in [-0.2, 0) is 4.79 Å². The summed E-state index contributed by atoms with van der Waals surface area (Å²) in [7, 11) is 1.69. The molecule has 0 aromatic heterocycles. The Bertz CT molecular complexity index is 715. The van der Waals surface area contributed by atoms with E-state index in [2.05, 4.69) is 34.8 Å². The summed E-state index contributed by atoms with van der Waals surface area (Å²) >= 11 is 0. The number of para-hydroxylation sites is 1. The van der Waals surface area contributed by atoms with Crippen LogP contribution >= 0.6 is 0 Å². The van der Waals surface area contributed by atoms with E-state index in [9.17, 15) is 9.59 Å². The van der Waals surface area contributed by atoms with Crippen molar-refractivity contribution in [1.29, 1.82) is 0 Å². The van der Waals surface area contributed by atoms with Crippen LogP contribution < -0.4 is 20.7 Å². The molecule has 0 bridgehead atoms. The molecule has 1 unspecified atom stereocenters. The Balaban J connectivity index is 1.61. The number of rotatable bonds is 4. The van der Waals surface area contributed by atoms with Gasteiger partial charge in [0.15, 0.2) is 5.96 Å². The molecular weight excluding hydrogens is 334 g/mol. The van der Waals surface area contributed by atoms with Gasteiger partial charge in [-0.1, -0.05) is 18.2 Å². The molecule has 8 nitrogen and oxygen atoms in total. The highest BCUT2D eigenvalue weighted by Crippen LogP contribution is 2.39. The molecule has 1 saturated heterocycles. The topological polar surface area (TPSA) is 95.1 Å². The fraction of sp³-hybridized carbons (Fsp3) is 0.500. The van der Waals surface area contributed by atoms with E-state index in [1.807, 2.05) is 24.3 Å². The summed E-state index contributed by atoms with van der Waals surface area (Å²) in [6.45, 7) is 4.91. The largest absolute Gasteiger partial charge is 0.487 e. The highest BCUT2D eigenvalue weighted by molar-refractivity contribution is 6.01. The molecule has 1 aromatic carbocycles. The average molecular weight is 359 g/mol. The molecule has 3 rings (SSSR count). The zero-order chi connectivity index (χ0) is 18.7. The Morgan fingerprint density at radius 3 is 2.85 bits per heavy atom. The van der Waals surface area contributed by atoms with E-state index in [0.717, 1.165) is 17.7 Å². The van der Waals surface area contributed by atoms with E-state index in [0.29, 0.717) is 19.0 Å². The molecule has 0 saturated carbocycles. The van der Waals surface area contributed by atoms with Gasteiger partial charge in [0.25, 0.3) is 0 Å². The molecule has 8 heteroatoms. The number of amides is 3. The second-order valence-electron chi connectivity index (χ2n) is 7.00. The SMILES string of the molecule is CN=C(NCCN1C(=O)CNC1=O)NC1CC(C)(C)Oc2ccccc21. The molecular formula is C18H25N5O3. The van der Waals surface area contributed by atoms with Crippen LogP contribution in [0, 0.1) is 0 Å². The van der Waals surface area contributed by atoms with E-state index >= 15 is 0 Å². The number of nitrogens with one attached hydrogen (secondary N) is 3. The first-order chi connectivity index (χ1) is 12.4. The summed E-state index contributed by atoms with van der Waals surface area (Å²) in [6.07, 6.45) is 0.789. The number of nitrogens with zero attached hydrogens (tertiary/aromatic N) is 2. The third-order valence-electron chi connectivity index (χ3n) is 4.48. The fourth-order valence-corrected chi connectivity index (χ4v) is 3.26. The van der Waals surface area contributed by atoms with Crippen molar-refractivity contribution in [2.45, 2.75) is 31.9 Å². The van der Waals surface area contributed by atoms with Gasteiger partial charge in [-0.15, -0.1) is 0 Å². The van der Waals surface area contributed by atoms with Crippen molar-refractivity contribution in [3.8, 4) is 5.75 Å². The quantitative estimate of drug-likeness (QED) is 0.424. The van der Waals surface area contributed by atoms with Gasteiger partial charge in [0.05, 0.1) is 12.6 Å². The van der Waals surface area contributed by atoms with Gasteiger partial charge in [0.1, 0.15) is 11.4 Å². The van der Waals surface area contributed by atoms with Crippen LogP contribution in [0.25, 0.3) is 0 Å². The number of imide groups is 1. The van der Waals surface area contributed by atoms with E-state index in [-0.39, 0.29) is 30.1 Å². The van der Waals surface area contributed by atoms with Crippen LogP contribution in [0.4, 0.5) is 4.79 Å². The molecule has 0 radical (unpaired) electrons. The van der Waals surface area contributed by atoms with Crippen LogP contribution in [0.3, 0.4) is 0 Å². The number of urea groups is 1. The first-order valence-electron chi connectivity index (χ1n) is 8.73. The highest BCUT2D eigenvalue weighted by Gasteiger charge is 2.34. The van der Waals surface area contributed by atoms with E-state index < -0.39 is 0 Å². The van der Waals surface area contributed by atoms with E-state index in [4.69, 9.17) is 4.74 Å². The lowest BCUT2D eigenvalue weighted by Crippen LogP contribution is -2.47. The zero-order valence-electron chi connectivity index (χ0n) is 15.3. The smallest absolute Gasteiger partial charge is 0.324 e.